The van der Waals surface area contributed by atoms with Gasteiger partial charge in [-0.15, -0.1) is 0 Å². The summed E-state index contributed by atoms with van der Waals surface area (Å²) >= 11 is 0. The summed E-state index contributed by atoms with van der Waals surface area (Å²) in [6.45, 7) is 4.35. The number of ether oxygens (including phenoxy) is 1. The number of rotatable bonds is 7. The Labute approximate surface area is 126 Å². The van der Waals surface area contributed by atoms with Gasteiger partial charge in [0.05, 0.1) is 12.3 Å². The highest BCUT2D eigenvalue weighted by Crippen LogP contribution is 2.22. The van der Waals surface area contributed by atoms with Gasteiger partial charge in [0.2, 0.25) is 0 Å². The molecule has 8 heteroatoms. The molecule has 2 N–H and O–H groups in total. The van der Waals surface area contributed by atoms with E-state index in [0.29, 0.717) is 25.2 Å². The van der Waals surface area contributed by atoms with Crippen molar-refractivity contribution in [2.75, 3.05) is 26.7 Å². The number of hydrogen-bond donors (Lipinski definition) is 2. The minimum absolute atomic E-state index is 0.0295. The van der Waals surface area contributed by atoms with Gasteiger partial charge in [0.1, 0.15) is 0 Å². The summed E-state index contributed by atoms with van der Waals surface area (Å²) in [5.41, 5.74) is 0.683. The summed E-state index contributed by atoms with van der Waals surface area (Å²) < 4.78 is 32.3. The van der Waals surface area contributed by atoms with E-state index in [0.717, 1.165) is 25.8 Å². The summed E-state index contributed by atoms with van der Waals surface area (Å²) in [4.78, 5) is 0. The predicted molar refractivity (Wildman–Crippen MR) is 79.4 cm³/mol. The standard InChI is InChI=1S/C13H24N4O3S/c1-3-6-14-8-11-9-15-16-13(11)21(18,19)17-7-4-5-12(10-17)20-2/h9,12,14H,3-8,10H2,1-2H3,(H,15,16). The SMILES string of the molecule is CCCNCc1cn[nH]c1S(=O)(=O)N1CCCC(OC)C1. The van der Waals surface area contributed by atoms with Crippen molar-refractivity contribution in [2.24, 2.45) is 0 Å². The van der Waals surface area contributed by atoms with Crippen LogP contribution in [-0.2, 0) is 21.3 Å². The lowest BCUT2D eigenvalue weighted by Crippen LogP contribution is -2.43. The first-order valence-electron chi connectivity index (χ1n) is 7.35. The number of methoxy groups -OCH3 is 1. The number of nitrogens with one attached hydrogen (secondary N) is 2. The fourth-order valence-electron chi connectivity index (χ4n) is 2.49. The Morgan fingerprint density at radius 3 is 3.10 bits per heavy atom. The molecule has 0 spiro atoms. The number of hydrogen-bond acceptors (Lipinski definition) is 5. The highest BCUT2D eigenvalue weighted by atomic mass is 32.2. The molecule has 0 aromatic carbocycles. The van der Waals surface area contributed by atoms with Crippen molar-refractivity contribution in [2.45, 2.75) is 43.9 Å². The van der Waals surface area contributed by atoms with E-state index in [2.05, 4.69) is 22.4 Å². The van der Waals surface area contributed by atoms with Crippen LogP contribution >= 0.6 is 0 Å². The van der Waals surface area contributed by atoms with Gasteiger partial charge in [-0.1, -0.05) is 6.92 Å². The molecule has 1 fully saturated rings. The molecule has 0 amide bonds. The highest BCUT2D eigenvalue weighted by molar-refractivity contribution is 7.89. The molecule has 1 aromatic heterocycles. The molecule has 0 radical (unpaired) electrons. The van der Waals surface area contributed by atoms with Gasteiger partial charge in [-0.2, -0.15) is 9.40 Å². The maximum absolute atomic E-state index is 12.7. The summed E-state index contributed by atoms with van der Waals surface area (Å²) in [7, 11) is -1.91. The third kappa shape index (κ3) is 3.82. The molecular formula is C13H24N4O3S. The number of nitrogens with zero attached hydrogens (tertiary/aromatic N) is 2. The van der Waals surface area contributed by atoms with E-state index in [1.165, 1.54) is 4.31 Å². The fourth-order valence-corrected chi connectivity index (χ4v) is 4.11. The summed E-state index contributed by atoms with van der Waals surface area (Å²) in [5, 5.41) is 9.94. The topological polar surface area (TPSA) is 87.3 Å². The van der Waals surface area contributed by atoms with Crippen LogP contribution in [0.25, 0.3) is 0 Å². The van der Waals surface area contributed by atoms with Gasteiger partial charge in [-0.3, -0.25) is 5.10 Å². The second kappa shape index (κ2) is 7.35. The van der Waals surface area contributed by atoms with Crippen LogP contribution in [0.1, 0.15) is 31.7 Å². The van der Waals surface area contributed by atoms with Gasteiger partial charge in [-0.25, -0.2) is 8.42 Å². The first-order valence-corrected chi connectivity index (χ1v) is 8.79. The lowest BCUT2D eigenvalue weighted by Gasteiger charge is -2.30. The third-order valence-corrected chi connectivity index (χ3v) is 5.57. The Balaban J connectivity index is 2.14. The molecule has 1 unspecified atom stereocenters. The largest absolute Gasteiger partial charge is 0.380 e. The van der Waals surface area contributed by atoms with Crippen molar-refractivity contribution in [1.82, 2.24) is 19.8 Å². The molecule has 0 saturated carbocycles. The Kier molecular flexibility index (Phi) is 5.74. The third-order valence-electron chi connectivity index (χ3n) is 3.69. The molecule has 1 atom stereocenters. The Hall–Kier alpha value is -0.960. The second-order valence-electron chi connectivity index (χ2n) is 5.26. The molecule has 21 heavy (non-hydrogen) atoms. The normalized spacial score (nSPS) is 20.8. The van der Waals surface area contributed by atoms with Gasteiger partial charge in [0, 0.05) is 32.3 Å². The maximum Gasteiger partial charge on any atom is 0.260 e. The quantitative estimate of drug-likeness (QED) is 0.723. The van der Waals surface area contributed by atoms with Crippen LogP contribution in [0.15, 0.2) is 11.2 Å². The summed E-state index contributed by atoms with van der Waals surface area (Å²) in [6, 6.07) is 0. The molecule has 2 rings (SSSR count). The van der Waals surface area contributed by atoms with Crippen molar-refractivity contribution < 1.29 is 13.2 Å². The first kappa shape index (κ1) is 16.4. The van der Waals surface area contributed by atoms with Crippen LogP contribution in [0.4, 0.5) is 0 Å². The van der Waals surface area contributed by atoms with Gasteiger partial charge in [-0.05, 0) is 25.8 Å². The number of piperidine rings is 1. The van der Waals surface area contributed by atoms with E-state index in [4.69, 9.17) is 4.74 Å². The molecular weight excluding hydrogens is 292 g/mol. The highest BCUT2D eigenvalue weighted by Gasteiger charge is 2.32. The molecule has 0 aliphatic carbocycles. The van der Waals surface area contributed by atoms with Gasteiger partial charge >= 0.3 is 0 Å². The van der Waals surface area contributed by atoms with Crippen molar-refractivity contribution in [1.29, 1.82) is 0 Å². The van der Waals surface area contributed by atoms with E-state index < -0.39 is 10.0 Å². The number of H-pyrrole nitrogens is 1. The van der Waals surface area contributed by atoms with Crippen molar-refractivity contribution in [3.8, 4) is 0 Å². The fraction of sp³-hybridized carbons (Fsp3) is 0.769. The predicted octanol–water partition coefficient (Wildman–Crippen LogP) is 0.709. The smallest absolute Gasteiger partial charge is 0.260 e. The number of aromatic nitrogens is 2. The monoisotopic (exact) mass is 316 g/mol. The van der Waals surface area contributed by atoms with Gasteiger partial charge in [0.25, 0.3) is 10.0 Å². The van der Waals surface area contributed by atoms with Crippen molar-refractivity contribution in [3.63, 3.8) is 0 Å². The van der Waals surface area contributed by atoms with Gasteiger partial charge < -0.3 is 10.1 Å². The van der Waals surface area contributed by atoms with Crippen LogP contribution in [-0.4, -0.2) is 55.8 Å². The minimum atomic E-state index is -3.53. The average molecular weight is 316 g/mol. The maximum atomic E-state index is 12.7. The van der Waals surface area contributed by atoms with E-state index in [1.807, 2.05) is 0 Å². The molecule has 0 bridgehead atoms. The van der Waals surface area contributed by atoms with Gasteiger partial charge in [0.15, 0.2) is 5.03 Å². The lowest BCUT2D eigenvalue weighted by atomic mass is 10.1. The second-order valence-corrected chi connectivity index (χ2v) is 7.14. The zero-order chi connectivity index (χ0) is 15.3. The van der Waals surface area contributed by atoms with Crippen LogP contribution in [0.2, 0.25) is 0 Å². The summed E-state index contributed by atoms with van der Waals surface area (Å²) in [6.07, 6.45) is 4.26. The Morgan fingerprint density at radius 1 is 1.57 bits per heavy atom. The van der Waals surface area contributed by atoms with E-state index in [-0.39, 0.29) is 11.1 Å². The Bertz CT molecular complexity index is 543. The van der Waals surface area contributed by atoms with Crippen LogP contribution < -0.4 is 5.32 Å². The van der Waals surface area contributed by atoms with E-state index in [1.54, 1.807) is 13.3 Å². The summed E-state index contributed by atoms with van der Waals surface area (Å²) in [5.74, 6) is 0. The molecule has 1 aromatic rings. The molecule has 1 saturated heterocycles. The van der Waals surface area contributed by atoms with E-state index in [9.17, 15) is 8.42 Å². The molecule has 1 aliphatic heterocycles. The number of sulfonamides is 1. The zero-order valence-electron chi connectivity index (χ0n) is 12.6. The number of aromatic amines is 1. The van der Waals surface area contributed by atoms with Crippen molar-refractivity contribution in [3.05, 3.63) is 11.8 Å². The molecule has 7 nitrogen and oxygen atoms in total. The van der Waals surface area contributed by atoms with E-state index >= 15 is 0 Å². The van der Waals surface area contributed by atoms with Crippen LogP contribution in [0, 0.1) is 0 Å². The van der Waals surface area contributed by atoms with Crippen LogP contribution in [0.5, 0.6) is 0 Å². The molecule has 120 valence electrons. The lowest BCUT2D eigenvalue weighted by molar-refractivity contribution is 0.0571. The minimum Gasteiger partial charge on any atom is -0.380 e. The van der Waals surface area contributed by atoms with Crippen molar-refractivity contribution >= 4 is 10.0 Å². The Morgan fingerprint density at radius 2 is 2.38 bits per heavy atom. The zero-order valence-corrected chi connectivity index (χ0v) is 13.4. The molecule has 1 aliphatic rings. The first-order chi connectivity index (χ1) is 10.1. The van der Waals surface area contributed by atoms with Crippen LogP contribution in [0.3, 0.4) is 0 Å². The molecule has 2 heterocycles. The average Bonchev–Trinajstić information content (AvgIpc) is 2.97.